The van der Waals surface area contributed by atoms with Crippen LogP contribution in [-0.4, -0.2) is 0 Å². The molecule has 1 aliphatic rings. The van der Waals surface area contributed by atoms with Crippen LogP contribution in [0.1, 0.15) is 36.1 Å². The van der Waals surface area contributed by atoms with Crippen LogP contribution in [0, 0.1) is 0 Å². The number of hydrogen-bond acceptors (Lipinski definition) is 0. The van der Waals surface area contributed by atoms with Crippen LogP contribution in [0.25, 0.3) is 16.1 Å². The Morgan fingerprint density at radius 1 is 0.950 bits per heavy atom. The largest absolute Gasteiger partial charge is 0.0843 e. The van der Waals surface area contributed by atoms with E-state index in [1.807, 2.05) is 12.1 Å². The van der Waals surface area contributed by atoms with Crippen molar-refractivity contribution in [1.29, 1.82) is 0 Å². The number of allylic oxidation sites excluding steroid dienone is 1. The molecule has 0 N–H and O–H groups in total. The molecule has 2 heteroatoms. The zero-order chi connectivity index (χ0) is 14.3. The molecule has 0 bridgehead atoms. The van der Waals surface area contributed by atoms with E-state index in [1.165, 1.54) is 27.8 Å². The van der Waals surface area contributed by atoms with Crippen molar-refractivity contribution in [1.82, 2.24) is 0 Å². The van der Waals surface area contributed by atoms with Crippen molar-refractivity contribution in [2.24, 2.45) is 0 Å². The van der Waals surface area contributed by atoms with E-state index < -0.39 is 0 Å². The number of benzene rings is 2. The summed E-state index contributed by atoms with van der Waals surface area (Å²) in [6.45, 7) is 4.31. The molecule has 0 radical (unpaired) electrons. The lowest BCUT2D eigenvalue weighted by molar-refractivity contribution is 1.37. The lowest BCUT2D eigenvalue weighted by Crippen LogP contribution is -1.94. The SMILES string of the molecule is CC(C)=C1c2ccccc2C=C(Br)c2cc(Cl)ccc21. The van der Waals surface area contributed by atoms with Crippen LogP contribution in [0.3, 0.4) is 0 Å². The molecule has 1 aliphatic carbocycles. The van der Waals surface area contributed by atoms with Crippen LogP contribution in [0.15, 0.2) is 48.0 Å². The monoisotopic (exact) mass is 344 g/mol. The zero-order valence-corrected chi connectivity index (χ0v) is 13.7. The molecule has 0 nitrogen and oxygen atoms in total. The molecule has 20 heavy (non-hydrogen) atoms. The third-order valence-corrected chi connectivity index (χ3v) is 4.41. The van der Waals surface area contributed by atoms with E-state index in [4.69, 9.17) is 11.6 Å². The summed E-state index contributed by atoms with van der Waals surface area (Å²) in [6, 6.07) is 14.6. The predicted molar refractivity (Wildman–Crippen MR) is 92.1 cm³/mol. The average Bonchev–Trinajstić information content (AvgIpc) is 2.53. The first kappa shape index (κ1) is 13.7. The first-order valence-electron chi connectivity index (χ1n) is 6.52. The van der Waals surface area contributed by atoms with Gasteiger partial charge in [0.1, 0.15) is 0 Å². The van der Waals surface area contributed by atoms with Gasteiger partial charge in [0, 0.05) is 9.51 Å². The van der Waals surface area contributed by atoms with Gasteiger partial charge in [0.15, 0.2) is 0 Å². The molecule has 0 heterocycles. The number of fused-ring (bicyclic) bond motifs is 2. The van der Waals surface area contributed by atoms with Crippen molar-refractivity contribution >= 4 is 43.7 Å². The average molecular weight is 346 g/mol. The lowest BCUT2D eigenvalue weighted by atomic mass is 9.90. The van der Waals surface area contributed by atoms with Gasteiger partial charge in [0.25, 0.3) is 0 Å². The van der Waals surface area contributed by atoms with E-state index in [9.17, 15) is 0 Å². The van der Waals surface area contributed by atoms with Gasteiger partial charge in [-0.15, -0.1) is 0 Å². The normalized spacial score (nSPS) is 13.2. The van der Waals surface area contributed by atoms with Crippen molar-refractivity contribution in [3.8, 4) is 0 Å². The summed E-state index contributed by atoms with van der Waals surface area (Å²) in [5.74, 6) is 0. The van der Waals surface area contributed by atoms with Crippen LogP contribution in [0.4, 0.5) is 0 Å². The molecular weight excluding hydrogens is 332 g/mol. The second-order valence-electron chi connectivity index (χ2n) is 5.14. The summed E-state index contributed by atoms with van der Waals surface area (Å²) in [5, 5.41) is 0.758. The third kappa shape index (κ3) is 2.25. The molecular formula is C18H14BrCl. The minimum atomic E-state index is 0.758. The van der Waals surface area contributed by atoms with E-state index in [1.54, 1.807) is 0 Å². The van der Waals surface area contributed by atoms with Crippen molar-refractivity contribution in [3.05, 3.63) is 75.3 Å². The molecule has 2 aromatic carbocycles. The van der Waals surface area contributed by atoms with E-state index in [-0.39, 0.29) is 0 Å². The molecule has 0 spiro atoms. The molecule has 0 unspecified atom stereocenters. The van der Waals surface area contributed by atoms with Gasteiger partial charge in [-0.05, 0) is 59.9 Å². The van der Waals surface area contributed by atoms with Gasteiger partial charge >= 0.3 is 0 Å². The number of halogens is 2. The molecule has 0 fully saturated rings. The van der Waals surface area contributed by atoms with Crippen molar-refractivity contribution in [2.75, 3.05) is 0 Å². The Labute approximate surface area is 132 Å². The molecule has 100 valence electrons. The van der Waals surface area contributed by atoms with Gasteiger partial charge in [-0.25, -0.2) is 0 Å². The molecule has 2 aromatic rings. The minimum Gasteiger partial charge on any atom is -0.0843 e. The van der Waals surface area contributed by atoms with Crippen molar-refractivity contribution in [2.45, 2.75) is 13.8 Å². The predicted octanol–water partition coefficient (Wildman–Crippen LogP) is 6.39. The Bertz CT molecular complexity index is 750. The van der Waals surface area contributed by atoms with E-state index in [2.05, 4.69) is 66.2 Å². The Morgan fingerprint density at radius 2 is 1.70 bits per heavy atom. The summed E-state index contributed by atoms with van der Waals surface area (Å²) in [4.78, 5) is 0. The lowest BCUT2D eigenvalue weighted by Gasteiger charge is -2.14. The molecule has 3 rings (SSSR count). The van der Waals surface area contributed by atoms with Crippen LogP contribution >= 0.6 is 27.5 Å². The highest BCUT2D eigenvalue weighted by molar-refractivity contribution is 9.15. The van der Waals surface area contributed by atoms with Crippen molar-refractivity contribution in [3.63, 3.8) is 0 Å². The summed E-state index contributed by atoms with van der Waals surface area (Å²) < 4.78 is 1.07. The maximum absolute atomic E-state index is 6.17. The Hall–Kier alpha value is -1.31. The first-order chi connectivity index (χ1) is 9.58. The Balaban J connectivity index is 2.43. The fourth-order valence-corrected chi connectivity index (χ4v) is 3.43. The number of rotatable bonds is 0. The van der Waals surface area contributed by atoms with Crippen LogP contribution in [0.5, 0.6) is 0 Å². The van der Waals surface area contributed by atoms with Gasteiger partial charge in [0.05, 0.1) is 0 Å². The second kappa shape index (κ2) is 5.23. The van der Waals surface area contributed by atoms with E-state index in [0.717, 1.165) is 15.1 Å². The maximum atomic E-state index is 6.17. The standard InChI is InChI=1S/C18H14BrCl/c1-11(2)18-14-6-4-3-5-12(14)9-17(19)16-10-13(20)7-8-15(16)18/h3-10H,1-2H3. The molecule has 0 amide bonds. The first-order valence-corrected chi connectivity index (χ1v) is 7.69. The topological polar surface area (TPSA) is 0 Å². The number of hydrogen-bond donors (Lipinski definition) is 0. The van der Waals surface area contributed by atoms with E-state index in [0.29, 0.717) is 0 Å². The fourth-order valence-electron chi connectivity index (χ4n) is 2.68. The summed E-state index contributed by atoms with van der Waals surface area (Å²) in [5.41, 5.74) is 7.45. The van der Waals surface area contributed by atoms with Gasteiger partial charge in [-0.2, -0.15) is 0 Å². The smallest absolute Gasteiger partial charge is 0.0412 e. The van der Waals surface area contributed by atoms with Crippen molar-refractivity contribution < 1.29 is 0 Å². The molecule has 0 atom stereocenters. The molecule has 0 aliphatic heterocycles. The zero-order valence-electron chi connectivity index (χ0n) is 11.4. The molecule has 0 saturated heterocycles. The third-order valence-electron chi connectivity index (χ3n) is 3.52. The van der Waals surface area contributed by atoms with Crippen LogP contribution < -0.4 is 0 Å². The van der Waals surface area contributed by atoms with Gasteiger partial charge in [-0.3, -0.25) is 0 Å². The molecule has 0 aromatic heterocycles. The highest BCUT2D eigenvalue weighted by Crippen LogP contribution is 2.41. The van der Waals surface area contributed by atoms with Crippen LogP contribution in [-0.2, 0) is 0 Å². The summed E-state index contributed by atoms with van der Waals surface area (Å²) in [7, 11) is 0. The molecule has 0 saturated carbocycles. The van der Waals surface area contributed by atoms with Gasteiger partial charge in [-0.1, -0.05) is 63.4 Å². The quantitative estimate of drug-likeness (QED) is 0.519. The highest BCUT2D eigenvalue weighted by atomic mass is 79.9. The Kier molecular flexibility index (Phi) is 3.57. The van der Waals surface area contributed by atoms with Crippen LogP contribution in [0.2, 0.25) is 5.02 Å². The fraction of sp³-hybridized carbons (Fsp3) is 0.111. The van der Waals surface area contributed by atoms with Gasteiger partial charge < -0.3 is 0 Å². The van der Waals surface area contributed by atoms with Gasteiger partial charge in [0.2, 0.25) is 0 Å². The maximum Gasteiger partial charge on any atom is 0.0412 e. The highest BCUT2D eigenvalue weighted by Gasteiger charge is 2.19. The van der Waals surface area contributed by atoms with E-state index >= 15 is 0 Å². The second-order valence-corrected chi connectivity index (χ2v) is 6.44. The summed E-state index contributed by atoms with van der Waals surface area (Å²) in [6.07, 6.45) is 2.17. The Morgan fingerprint density at radius 3 is 2.45 bits per heavy atom. The summed E-state index contributed by atoms with van der Waals surface area (Å²) >= 11 is 9.87. The minimum absolute atomic E-state index is 0.758.